The number of hydrogen-bond donors (Lipinski definition) is 0. The zero-order valence-electron chi connectivity index (χ0n) is 14.4. The molecule has 0 saturated carbocycles. The number of benzene rings is 2. The van der Waals surface area contributed by atoms with Crippen molar-refractivity contribution in [2.45, 2.75) is 13.0 Å². The van der Waals surface area contributed by atoms with Gasteiger partial charge in [0.1, 0.15) is 5.01 Å². The quantitative estimate of drug-likeness (QED) is 0.523. The summed E-state index contributed by atoms with van der Waals surface area (Å²) in [5.74, 6) is 0.387. The van der Waals surface area contributed by atoms with E-state index in [0.717, 1.165) is 20.8 Å². The van der Waals surface area contributed by atoms with Crippen LogP contribution in [0, 0.1) is 0 Å². The maximum Gasteiger partial charge on any atom is 0.276 e. The standard InChI is InChI=1S/C20H17N3O2S/c1-13(19-21-15-10-6-7-11-18(15)26-19)23(2)20(24)16-12-17(25-22-16)14-8-4-3-5-9-14/h3-13H,1-2H3. The maximum absolute atomic E-state index is 12.8. The first-order valence-electron chi connectivity index (χ1n) is 8.28. The minimum absolute atomic E-state index is 0.156. The summed E-state index contributed by atoms with van der Waals surface area (Å²) in [6, 6.07) is 19.1. The number of para-hydroxylation sites is 1. The van der Waals surface area contributed by atoms with Crippen LogP contribution >= 0.6 is 11.3 Å². The number of rotatable bonds is 4. The molecule has 2 aromatic carbocycles. The van der Waals surface area contributed by atoms with Gasteiger partial charge >= 0.3 is 0 Å². The van der Waals surface area contributed by atoms with E-state index >= 15 is 0 Å². The molecule has 4 rings (SSSR count). The highest BCUT2D eigenvalue weighted by molar-refractivity contribution is 7.18. The smallest absolute Gasteiger partial charge is 0.276 e. The van der Waals surface area contributed by atoms with Gasteiger partial charge in [0.2, 0.25) is 0 Å². The lowest BCUT2D eigenvalue weighted by Gasteiger charge is -2.21. The zero-order chi connectivity index (χ0) is 18.1. The van der Waals surface area contributed by atoms with E-state index in [2.05, 4.69) is 10.1 Å². The van der Waals surface area contributed by atoms with Gasteiger partial charge in [-0.05, 0) is 19.1 Å². The number of fused-ring (bicyclic) bond motifs is 1. The van der Waals surface area contributed by atoms with Crippen LogP contribution in [-0.2, 0) is 0 Å². The maximum atomic E-state index is 12.8. The summed E-state index contributed by atoms with van der Waals surface area (Å²) in [7, 11) is 1.76. The predicted octanol–water partition coefficient (Wildman–Crippen LogP) is 4.78. The average Bonchev–Trinajstić information content (AvgIpc) is 3.34. The molecule has 0 N–H and O–H groups in total. The Kier molecular flexibility index (Phi) is 4.26. The van der Waals surface area contributed by atoms with Crippen molar-refractivity contribution < 1.29 is 9.32 Å². The van der Waals surface area contributed by atoms with Crippen molar-refractivity contribution in [3.8, 4) is 11.3 Å². The van der Waals surface area contributed by atoms with Crippen LogP contribution in [0.4, 0.5) is 0 Å². The van der Waals surface area contributed by atoms with Crippen LogP contribution in [0.25, 0.3) is 21.5 Å². The third-order valence-corrected chi connectivity index (χ3v) is 5.56. The lowest BCUT2D eigenvalue weighted by Crippen LogP contribution is -2.29. The number of amides is 1. The molecule has 1 amide bonds. The summed E-state index contributed by atoms with van der Waals surface area (Å²) in [6.45, 7) is 1.97. The molecule has 2 heterocycles. The number of carbonyl (C=O) groups excluding carboxylic acids is 1. The normalized spacial score (nSPS) is 12.2. The first-order valence-corrected chi connectivity index (χ1v) is 9.10. The van der Waals surface area contributed by atoms with Crippen molar-refractivity contribution in [3.05, 3.63) is 71.4 Å². The van der Waals surface area contributed by atoms with Crippen LogP contribution in [0.1, 0.15) is 28.5 Å². The molecule has 0 aliphatic rings. The van der Waals surface area contributed by atoms with Gasteiger partial charge in [-0.1, -0.05) is 47.6 Å². The van der Waals surface area contributed by atoms with Crippen molar-refractivity contribution in [2.24, 2.45) is 0 Å². The largest absolute Gasteiger partial charge is 0.355 e. The first kappa shape index (κ1) is 16.5. The number of thiazole rings is 1. The van der Waals surface area contributed by atoms with Gasteiger partial charge in [-0.2, -0.15) is 0 Å². The summed E-state index contributed by atoms with van der Waals surface area (Å²) in [6.07, 6.45) is 0. The minimum atomic E-state index is -0.192. The molecule has 0 aliphatic carbocycles. The Labute approximate surface area is 154 Å². The summed E-state index contributed by atoms with van der Waals surface area (Å²) in [5.41, 5.74) is 2.13. The highest BCUT2D eigenvalue weighted by Crippen LogP contribution is 2.30. The van der Waals surface area contributed by atoms with E-state index in [9.17, 15) is 4.79 Å². The lowest BCUT2D eigenvalue weighted by molar-refractivity contribution is 0.0732. The second kappa shape index (κ2) is 6.72. The van der Waals surface area contributed by atoms with Crippen molar-refractivity contribution in [3.63, 3.8) is 0 Å². The van der Waals surface area contributed by atoms with Gasteiger partial charge in [-0.25, -0.2) is 4.98 Å². The fourth-order valence-corrected chi connectivity index (χ4v) is 3.77. The molecule has 0 saturated heterocycles. The number of carbonyl (C=O) groups is 1. The second-order valence-electron chi connectivity index (χ2n) is 6.05. The van der Waals surface area contributed by atoms with E-state index in [1.54, 1.807) is 29.4 Å². The molecule has 6 heteroatoms. The Balaban J connectivity index is 1.56. The van der Waals surface area contributed by atoms with Crippen LogP contribution in [0.15, 0.2) is 65.2 Å². The number of nitrogens with zero attached hydrogens (tertiary/aromatic N) is 3. The van der Waals surface area contributed by atoms with E-state index in [1.165, 1.54) is 0 Å². The molecule has 26 heavy (non-hydrogen) atoms. The van der Waals surface area contributed by atoms with E-state index in [1.807, 2.05) is 61.5 Å². The molecular formula is C20H17N3O2S. The van der Waals surface area contributed by atoms with Gasteiger partial charge in [0.25, 0.3) is 5.91 Å². The average molecular weight is 363 g/mol. The fourth-order valence-electron chi connectivity index (χ4n) is 2.71. The summed E-state index contributed by atoms with van der Waals surface area (Å²) in [5, 5.41) is 4.85. The highest BCUT2D eigenvalue weighted by atomic mass is 32.1. The van der Waals surface area contributed by atoms with Gasteiger partial charge in [-0.3, -0.25) is 4.79 Å². The zero-order valence-corrected chi connectivity index (χ0v) is 15.2. The van der Waals surface area contributed by atoms with Gasteiger partial charge in [0.15, 0.2) is 11.5 Å². The molecule has 130 valence electrons. The summed E-state index contributed by atoms with van der Waals surface area (Å²) < 4.78 is 6.46. The monoisotopic (exact) mass is 363 g/mol. The van der Waals surface area contributed by atoms with Crippen LogP contribution in [0.2, 0.25) is 0 Å². The molecule has 1 atom stereocenters. The van der Waals surface area contributed by atoms with E-state index in [0.29, 0.717) is 11.5 Å². The number of hydrogen-bond acceptors (Lipinski definition) is 5. The molecule has 0 aliphatic heterocycles. The van der Waals surface area contributed by atoms with Gasteiger partial charge in [0, 0.05) is 18.7 Å². The second-order valence-corrected chi connectivity index (χ2v) is 7.12. The fraction of sp³-hybridized carbons (Fsp3) is 0.150. The SMILES string of the molecule is CC(c1nc2ccccc2s1)N(C)C(=O)c1cc(-c2ccccc2)on1. The Hall–Kier alpha value is -2.99. The van der Waals surface area contributed by atoms with Crippen molar-refractivity contribution in [1.29, 1.82) is 0 Å². The summed E-state index contributed by atoms with van der Waals surface area (Å²) in [4.78, 5) is 19.1. The Bertz CT molecular complexity index is 1020. The van der Waals surface area contributed by atoms with E-state index < -0.39 is 0 Å². The Morgan fingerprint density at radius 2 is 1.85 bits per heavy atom. The molecule has 2 aromatic heterocycles. The van der Waals surface area contributed by atoms with Crippen molar-refractivity contribution in [2.75, 3.05) is 7.05 Å². The lowest BCUT2D eigenvalue weighted by atomic mass is 10.1. The number of aromatic nitrogens is 2. The van der Waals surface area contributed by atoms with Gasteiger partial charge < -0.3 is 9.42 Å². The van der Waals surface area contributed by atoms with E-state index in [-0.39, 0.29) is 11.9 Å². The van der Waals surface area contributed by atoms with Crippen LogP contribution < -0.4 is 0 Å². The third-order valence-electron chi connectivity index (χ3n) is 4.36. The minimum Gasteiger partial charge on any atom is -0.355 e. The van der Waals surface area contributed by atoms with Crippen molar-refractivity contribution >= 4 is 27.5 Å². The van der Waals surface area contributed by atoms with Crippen LogP contribution in [0.3, 0.4) is 0 Å². The Morgan fingerprint density at radius 3 is 2.62 bits per heavy atom. The van der Waals surface area contributed by atoms with E-state index in [4.69, 9.17) is 4.52 Å². The Morgan fingerprint density at radius 1 is 1.12 bits per heavy atom. The van der Waals surface area contributed by atoms with Crippen LogP contribution in [-0.4, -0.2) is 28.0 Å². The van der Waals surface area contributed by atoms with Crippen LogP contribution in [0.5, 0.6) is 0 Å². The van der Waals surface area contributed by atoms with Gasteiger partial charge in [-0.15, -0.1) is 11.3 Å². The molecule has 0 fully saturated rings. The molecule has 4 aromatic rings. The summed E-state index contributed by atoms with van der Waals surface area (Å²) >= 11 is 1.60. The third kappa shape index (κ3) is 2.99. The molecule has 0 radical (unpaired) electrons. The van der Waals surface area contributed by atoms with Crippen molar-refractivity contribution in [1.82, 2.24) is 15.0 Å². The first-order chi connectivity index (χ1) is 12.6. The molecule has 0 spiro atoms. The molecular weight excluding hydrogens is 346 g/mol. The predicted molar refractivity (Wildman–Crippen MR) is 102 cm³/mol. The highest BCUT2D eigenvalue weighted by Gasteiger charge is 2.24. The molecule has 1 unspecified atom stereocenters. The topological polar surface area (TPSA) is 59.2 Å². The molecule has 5 nitrogen and oxygen atoms in total. The van der Waals surface area contributed by atoms with Gasteiger partial charge in [0.05, 0.1) is 16.3 Å². The molecule has 0 bridgehead atoms.